The standard InChI is InChI=1S/C12H18N2O/c1-10(2)13-12(15)6-9-14-7-4-11(3)5-8-14/h4-5,7-8,10H,6,9H2,1-3H3/p+1. The highest BCUT2D eigenvalue weighted by Gasteiger charge is 2.06. The number of pyridine rings is 1. The Morgan fingerprint density at radius 3 is 2.53 bits per heavy atom. The van der Waals surface area contributed by atoms with Crippen LogP contribution in [0.25, 0.3) is 0 Å². The Bertz CT molecular complexity index is 317. The lowest BCUT2D eigenvalue weighted by molar-refractivity contribution is -0.695. The van der Waals surface area contributed by atoms with Gasteiger partial charge in [-0.05, 0) is 26.3 Å². The van der Waals surface area contributed by atoms with Gasteiger partial charge in [0.2, 0.25) is 5.91 Å². The molecule has 0 aliphatic heterocycles. The van der Waals surface area contributed by atoms with Crippen LogP contribution < -0.4 is 9.88 Å². The first kappa shape index (κ1) is 11.7. The fraction of sp³-hybridized carbons (Fsp3) is 0.500. The van der Waals surface area contributed by atoms with Crippen LogP contribution in [0.1, 0.15) is 25.8 Å². The summed E-state index contributed by atoms with van der Waals surface area (Å²) in [5.74, 6) is 0.109. The molecular formula is C12H19N2O+. The molecule has 0 unspecified atom stereocenters. The fourth-order valence-corrected chi connectivity index (χ4v) is 1.31. The van der Waals surface area contributed by atoms with E-state index in [4.69, 9.17) is 0 Å². The van der Waals surface area contributed by atoms with Crippen LogP contribution in [0.5, 0.6) is 0 Å². The summed E-state index contributed by atoms with van der Waals surface area (Å²) in [5, 5.41) is 2.87. The Kier molecular flexibility index (Phi) is 4.28. The number of nitrogens with one attached hydrogen (secondary N) is 1. The molecule has 1 N–H and O–H groups in total. The molecule has 0 fully saturated rings. The smallest absolute Gasteiger partial charge is 0.226 e. The van der Waals surface area contributed by atoms with E-state index in [0.29, 0.717) is 6.42 Å². The van der Waals surface area contributed by atoms with E-state index in [-0.39, 0.29) is 11.9 Å². The molecule has 0 aliphatic carbocycles. The predicted octanol–water partition coefficient (Wildman–Crippen LogP) is 1.20. The van der Waals surface area contributed by atoms with Crippen molar-refractivity contribution in [3.63, 3.8) is 0 Å². The highest BCUT2D eigenvalue weighted by atomic mass is 16.1. The molecule has 1 aromatic rings. The fourth-order valence-electron chi connectivity index (χ4n) is 1.31. The quantitative estimate of drug-likeness (QED) is 0.739. The number of aromatic nitrogens is 1. The summed E-state index contributed by atoms with van der Waals surface area (Å²) in [4.78, 5) is 11.4. The molecule has 0 saturated heterocycles. The highest BCUT2D eigenvalue weighted by Crippen LogP contribution is 1.91. The highest BCUT2D eigenvalue weighted by molar-refractivity contribution is 5.75. The summed E-state index contributed by atoms with van der Waals surface area (Å²) in [5.41, 5.74) is 1.23. The topological polar surface area (TPSA) is 33.0 Å². The average molecular weight is 207 g/mol. The summed E-state index contributed by atoms with van der Waals surface area (Å²) >= 11 is 0. The van der Waals surface area contributed by atoms with Crippen LogP contribution in [0.15, 0.2) is 24.5 Å². The molecule has 15 heavy (non-hydrogen) atoms. The maximum absolute atomic E-state index is 11.4. The Morgan fingerprint density at radius 2 is 2.00 bits per heavy atom. The molecule has 0 atom stereocenters. The van der Waals surface area contributed by atoms with E-state index in [0.717, 1.165) is 6.54 Å². The second-order valence-electron chi connectivity index (χ2n) is 4.09. The molecule has 1 aromatic heterocycles. The molecule has 1 rings (SSSR count). The Labute approximate surface area is 91.1 Å². The Morgan fingerprint density at radius 1 is 1.40 bits per heavy atom. The monoisotopic (exact) mass is 207 g/mol. The van der Waals surface area contributed by atoms with Gasteiger partial charge in [-0.15, -0.1) is 0 Å². The van der Waals surface area contributed by atoms with Crippen LogP contribution in [0, 0.1) is 6.92 Å². The maximum Gasteiger partial charge on any atom is 0.226 e. The molecule has 82 valence electrons. The minimum atomic E-state index is 0.109. The Hall–Kier alpha value is -1.38. The molecule has 0 aromatic carbocycles. The number of aryl methyl sites for hydroxylation is 2. The third-order valence-electron chi connectivity index (χ3n) is 2.10. The first-order chi connectivity index (χ1) is 7.08. The number of carbonyl (C=O) groups excluding carboxylic acids is 1. The first-order valence-corrected chi connectivity index (χ1v) is 5.33. The van der Waals surface area contributed by atoms with Crippen LogP contribution in [0.2, 0.25) is 0 Å². The molecule has 3 heteroatoms. The maximum atomic E-state index is 11.4. The molecule has 0 spiro atoms. The number of rotatable bonds is 4. The van der Waals surface area contributed by atoms with Gasteiger partial charge in [-0.25, -0.2) is 4.57 Å². The van der Waals surface area contributed by atoms with Crippen molar-refractivity contribution in [2.75, 3.05) is 0 Å². The first-order valence-electron chi connectivity index (χ1n) is 5.33. The Balaban J connectivity index is 2.37. The summed E-state index contributed by atoms with van der Waals surface area (Å²) in [6, 6.07) is 4.31. The van der Waals surface area contributed by atoms with Gasteiger partial charge in [-0.1, -0.05) is 0 Å². The van der Waals surface area contributed by atoms with Crippen LogP contribution in [0.3, 0.4) is 0 Å². The van der Waals surface area contributed by atoms with Gasteiger partial charge in [0.25, 0.3) is 0 Å². The van der Waals surface area contributed by atoms with Crippen molar-refractivity contribution in [2.45, 2.75) is 39.8 Å². The van der Waals surface area contributed by atoms with Crippen molar-refractivity contribution in [3.8, 4) is 0 Å². The van der Waals surface area contributed by atoms with Crippen molar-refractivity contribution in [1.29, 1.82) is 0 Å². The zero-order valence-electron chi connectivity index (χ0n) is 9.66. The van der Waals surface area contributed by atoms with E-state index in [9.17, 15) is 4.79 Å². The minimum absolute atomic E-state index is 0.109. The third kappa shape index (κ3) is 4.58. The number of hydrogen-bond acceptors (Lipinski definition) is 1. The van der Waals surface area contributed by atoms with E-state index in [1.165, 1.54) is 5.56 Å². The molecule has 1 heterocycles. The molecule has 0 bridgehead atoms. The second kappa shape index (κ2) is 5.49. The minimum Gasteiger partial charge on any atom is -0.354 e. The van der Waals surface area contributed by atoms with Crippen LogP contribution in [-0.4, -0.2) is 11.9 Å². The van der Waals surface area contributed by atoms with Crippen molar-refractivity contribution in [2.24, 2.45) is 0 Å². The van der Waals surface area contributed by atoms with Crippen molar-refractivity contribution in [3.05, 3.63) is 30.1 Å². The lowest BCUT2D eigenvalue weighted by Crippen LogP contribution is -2.38. The van der Waals surface area contributed by atoms with Crippen LogP contribution >= 0.6 is 0 Å². The lowest BCUT2D eigenvalue weighted by Gasteiger charge is -2.06. The van der Waals surface area contributed by atoms with Crippen molar-refractivity contribution < 1.29 is 9.36 Å². The summed E-state index contributed by atoms with van der Waals surface area (Å²) in [6.07, 6.45) is 4.53. The van der Waals surface area contributed by atoms with Gasteiger partial charge < -0.3 is 5.32 Å². The SMILES string of the molecule is Cc1cc[n+](CCC(=O)NC(C)C)cc1. The van der Waals surface area contributed by atoms with Crippen molar-refractivity contribution in [1.82, 2.24) is 5.32 Å². The van der Waals surface area contributed by atoms with Gasteiger partial charge in [-0.2, -0.15) is 0 Å². The number of carbonyl (C=O) groups is 1. The predicted molar refractivity (Wildman–Crippen MR) is 59.3 cm³/mol. The van der Waals surface area contributed by atoms with E-state index in [1.807, 2.05) is 42.9 Å². The zero-order valence-corrected chi connectivity index (χ0v) is 9.66. The normalized spacial score (nSPS) is 10.4. The molecule has 0 saturated carbocycles. The summed E-state index contributed by atoms with van der Waals surface area (Å²) in [7, 11) is 0. The second-order valence-corrected chi connectivity index (χ2v) is 4.09. The molecule has 3 nitrogen and oxygen atoms in total. The number of amides is 1. The molecule has 1 amide bonds. The van der Waals surface area contributed by atoms with Gasteiger partial charge in [0, 0.05) is 18.2 Å². The van der Waals surface area contributed by atoms with Gasteiger partial charge >= 0.3 is 0 Å². The van der Waals surface area contributed by atoms with Crippen LogP contribution in [0.4, 0.5) is 0 Å². The zero-order chi connectivity index (χ0) is 11.3. The molecule has 0 aliphatic rings. The van der Waals surface area contributed by atoms with Gasteiger partial charge in [0.1, 0.15) is 0 Å². The molecular weight excluding hydrogens is 188 g/mol. The van der Waals surface area contributed by atoms with E-state index >= 15 is 0 Å². The van der Waals surface area contributed by atoms with Gasteiger partial charge in [0.15, 0.2) is 18.9 Å². The van der Waals surface area contributed by atoms with Gasteiger partial charge in [-0.3, -0.25) is 4.79 Å². The van der Waals surface area contributed by atoms with E-state index < -0.39 is 0 Å². The number of hydrogen-bond donors (Lipinski definition) is 1. The van der Waals surface area contributed by atoms with Crippen molar-refractivity contribution >= 4 is 5.91 Å². The largest absolute Gasteiger partial charge is 0.354 e. The lowest BCUT2D eigenvalue weighted by atomic mass is 10.3. The summed E-state index contributed by atoms with van der Waals surface area (Å²) < 4.78 is 2.02. The van der Waals surface area contributed by atoms with Gasteiger partial charge in [0.05, 0.1) is 6.42 Å². The van der Waals surface area contributed by atoms with Crippen LogP contribution in [-0.2, 0) is 11.3 Å². The number of nitrogens with zero attached hydrogens (tertiary/aromatic N) is 1. The average Bonchev–Trinajstić information content (AvgIpc) is 2.16. The van der Waals surface area contributed by atoms with E-state index in [1.54, 1.807) is 0 Å². The molecule has 0 radical (unpaired) electrons. The van der Waals surface area contributed by atoms with E-state index in [2.05, 4.69) is 12.2 Å². The summed E-state index contributed by atoms with van der Waals surface area (Å²) in [6.45, 7) is 6.72. The third-order valence-corrected chi connectivity index (χ3v) is 2.10.